The van der Waals surface area contributed by atoms with Crippen molar-refractivity contribution >= 4 is 17.2 Å². The van der Waals surface area contributed by atoms with Crippen LogP contribution in [-0.2, 0) is 0 Å². The summed E-state index contributed by atoms with van der Waals surface area (Å²) in [5.74, 6) is 1.24. The predicted octanol–water partition coefficient (Wildman–Crippen LogP) is 2.97. The highest BCUT2D eigenvalue weighted by molar-refractivity contribution is 7.10. The summed E-state index contributed by atoms with van der Waals surface area (Å²) in [6.07, 6.45) is 0. The number of hydrogen-bond donors (Lipinski definition) is 1. The van der Waals surface area contributed by atoms with Gasteiger partial charge in [-0.3, -0.25) is 9.69 Å². The molecule has 7 heteroatoms. The lowest BCUT2D eigenvalue weighted by molar-refractivity contribution is 0.0753. The summed E-state index contributed by atoms with van der Waals surface area (Å²) in [4.78, 5) is 19.1. The average Bonchev–Trinajstić information content (AvgIpc) is 3.40. The molecule has 2 aliphatic rings. The Morgan fingerprint density at radius 1 is 1.18 bits per heavy atom. The Balaban J connectivity index is 1.48. The fraction of sp³-hybridized carbons (Fsp3) is 0.476. The third-order valence-electron chi connectivity index (χ3n) is 5.55. The summed E-state index contributed by atoms with van der Waals surface area (Å²) in [6, 6.07) is 9.76. The second kappa shape index (κ2) is 8.51. The molecular weight excluding hydrogens is 374 g/mol. The van der Waals surface area contributed by atoms with E-state index < -0.39 is 0 Å². The lowest BCUT2D eigenvalue weighted by Gasteiger charge is -2.41. The van der Waals surface area contributed by atoms with Crippen LogP contribution >= 0.6 is 11.3 Å². The molecule has 0 radical (unpaired) electrons. The van der Waals surface area contributed by atoms with E-state index in [1.54, 1.807) is 29.5 Å². The summed E-state index contributed by atoms with van der Waals surface area (Å²) in [5, 5.41) is 5.32. The van der Waals surface area contributed by atoms with Crippen molar-refractivity contribution in [1.82, 2.24) is 15.1 Å². The molecule has 150 valence electrons. The van der Waals surface area contributed by atoms with Crippen molar-refractivity contribution in [3.05, 3.63) is 46.2 Å². The van der Waals surface area contributed by atoms with Gasteiger partial charge in [-0.25, -0.2) is 0 Å². The molecule has 2 atom stereocenters. The van der Waals surface area contributed by atoms with Crippen molar-refractivity contribution in [3.8, 4) is 11.5 Å². The Bertz CT molecular complexity index is 803. The van der Waals surface area contributed by atoms with Gasteiger partial charge in [-0.05, 0) is 43.1 Å². The van der Waals surface area contributed by atoms with E-state index >= 15 is 0 Å². The Morgan fingerprint density at radius 2 is 1.96 bits per heavy atom. The van der Waals surface area contributed by atoms with Gasteiger partial charge in [0.15, 0.2) is 11.5 Å². The van der Waals surface area contributed by atoms with Gasteiger partial charge >= 0.3 is 0 Å². The minimum atomic E-state index is -0.0837. The number of carbonyl (C=O) groups excluding carboxylic acids is 1. The number of fused-ring (bicyclic) bond motifs is 1. The number of amides is 1. The molecule has 2 aromatic rings. The zero-order valence-corrected chi connectivity index (χ0v) is 17.2. The third-order valence-corrected chi connectivity index (χ3v) is 6.49. The maximum atomic E-state index is 12.9. The SMILES string of the molecule is CCN1CCN([C@@H](c2cccs2)[C@@H](C)NC(=O)c2ccc3c(c2)OCO3)CC1. The Labute approximate surface area is 170 Å². The number of nitrogens with one attached hydrogen (secondary N) is 1. The van der Waals surface area contributed by atoms with Gasteiger partial charge in [0.2, 0.25) is 6.79 Å². The minimum absolute atomic E-state index is 0.00949. The molecule has 1 saturated heterocycles. The minimum Gasteiger partial charge on any atom is -0.454 e. The average molecular weight is 402 g/mol. The Hall–Kier alpha value is -2.09. The first-order chi connectivity index (χ1) is 13.7. The fourth-order valence-electron chi connectivity index (χ4n) is 3.97. The standard InChI is InChI=1S/C21H27N3O3S/c1-3-23-8-10-24(11-9-23)20(19-5-4-12-28-19)15(2)22-21(25)16-6-7-17-18(13-16)27-14-26-17/h4-7,12-13,15,20H,3,8-11,14H2,1-2H3,(H,22,25)/t15-,20-/m1/s1. The second-order valence-corrected chi connectivity index (χ2v) is 8.24. The monoisotopic (exact) mass is 401 g/mol. The molecule has 0 spiro atoms. The van der Waals surface area contributed by atoms with Crippen molar-refractivity contribution in [3.63, 3.8) is 0 Å². The normalized spacial score (nSPS) is 19.4. The van der Waals surface area contributed by atoms with E-state index in [2.05, 4.69) is 46.5 Å². The van der Waals surface area contributed by atoms with Crippen LogP contribution in [0, 0.1) is 0 Å². The molecular formula is C21H27N3O3S. The predicted molar refractivity (Wildman–Crippen MR) is 110 cm³/mol. The van der Waals surface area contributed by atoms with E-state index in [4.69, 9.17) is 9.47 Å². The van der Waals surface area contributed by atoms with Crippen molar-refractivity contribution in [1.29, 1.82) is 0 Å². The van der Waals surface area contributed by atoms with Crippen molar-refractivity contribution in [2.24, 2.45) is 0 Å². The van der Waals surface area contributed by atoms with Crippen LogP contribution in [0.3, 0.4) is 0 Å². The molecule has 28 heavy (non-hydrogen) atoms. The first kappa shape index (κ1) is 19.2. The van der Waals surface area contributed by atoms with Crippen LogP contribution in [0.15, 0.2) is 35.7 Å². The van der Waals surface area contributed by atoms with Gasteiger partial charge in [0.25, 0.3) is 5.91 Å². The first-order valence-electron chi connectivity index (χ1n) is 9.86. The third kappa shape index (κ3) is 4.01. The van der Waals surface area contributed by atoms with E-state index in [-0.39, 0.29) is 24.8 Å². The molecule has 0 unspecified atom stereocenters. The van der Waals surface area contributed by atoms with Gasteiger partial charge in [-0.2, -0.15) is 0 Å². The highest BCUT2D eigenvalue weighted by Crippen LogP contribution is 2.33. The lowest BCUT2D eigenvalue weighted by atomic mass is 10.0. The van der Waals surface area contributed by atoms with Gasteiger partial charge in [-0.15, -0.1) is 11.3 Å². The Kier molecular flexibility index (Phi) is 5.85. The molecule has 0 bridgehead atoms. The van der Waals surface area contributed by atoms with Gasteiger partial charge in [0.1, 0.15) is 0 Å². The van der Waals surface area contributed by atoms with Crippen LogP contribution < -0.4 is 14.8 Å². The number of ether oxygens (including phenoxy) is 2. The van der Waals surface area contributed by atoms with Gasteiger partial charge in [0, 0.05) is 42.7 Å². The zero-order valence-electron chi connectivity index (χ0n) is 16.4. The summed E-state index contributed by atoms with van der Waals surface area (Å²) >= 11 is 1.76. The molecule has 1 fully saturated rings. The van der Waals surface area contributed by atoms with Crippen LogP contribution in [0.4, 0.5) is 0 Å². The van der Waals surface area contributed by atoms with E-state index in [0.29, 0.717) is 17.1 Å². The number of rotatable bonds is 6. The maximum absolute atomic E-state index is 12.9. The smallest absolute Gasteiger partial charge is 0.251 e. The second-order valence-electron chi connectivity index (χ2n) is 7.26. The van der Waals surface area contributed by atoms with Gasteiger partial charge < -0.3 is 19.7 Å². The van der Waals surface area contributed by atoms with Gasteiger partial charge in [-0.1, -0.05) is 13.0 Å². The number of nitrogens with zero attached hydrogens (tertiary/aromatic N) is 2. The highest BCUT2D eigenvalue weighted by atomic mass is 32.1. The molecule has 1 amide bonds. The molecule has 2 aliphatic heterocycles. The molecule has 3 heterocycles. The van der Waals surface area contributed by atoms with Crippen molar-refractivity contribution in [2.45, 2.75) is 25.9 Å². The van der Waals surface area contributed by atoms with Gasteiger partial charge in [0.05, 0.1) is 6.04 Å². The van der Waals surface area contributed by atoms with E-state index in [9.17, 15) is 4.79 Å². The molecule has 1 N–H and O–H groups in total. The molecule has 4 rings (SSSR count). The number of likely N-dealkylation sites (N-methyl/N-ethyl adjacent to an activating group) is 1. The lowest BCUT2D eigenvalue weighted by Crippen LogP contribution is -2.52. The largest absolute Gasteiger partial charge is 0.454 e. The number of benzene rings is 1. The summed E-state index contributed by atoms with van der Waals surface area (Å²) in [6.45, 7) is 9.78. The van der Waals surface area contributed by atoms with Crippen LogP contribution in [0.25, 0.3) is 0 Å². The zero-order chi connectivity index (χ0) is 19.5. The number of thiophene rings is 1. The van der Waals surface area contributed by atoms with E-state index in [0.717, 1.165) is 32.7 Å². The molecule has 1 aromatic heterocycles. The van der Waals surface area contributed by atoms with Crippen molar-refractivity contribution in [2.75, 3.05) is 39.5 Å². The topological polar surface area (TPSA) is 54.0 Å². The van der Waals surface area contributed by atoms with E-state index in [1.165, 1.54) is 4.88 Å². The number of piperazine rings is 1. The number of hydrogen-bond acceptors (Lipinski definition) is 6. The van der Waals surface area contributed by atoms with Crippen molar-refractivity contribution < 1.29 is 14.3 Å². The summed E-state index contributed by atoms with van der Waals surface area (Å²) in [5.41, 5.74) is 0.594. The van der Waals surface area contributed by atoms with Crippen LogP contribution in [0.1, 0.15) is 35.1 Å². The first-order valence-corrected chi connectivity index (χ1v) is 10.7. The number of carbonyl (C=O) groups is 1. The van der Waals surface area contributed by atoms with Crippen LogP contribution in [0.5, 0.6) is 11.5 Å². The summed E-state index contributed by atoms with van der Waals surface area (Å²) < 4.78 is 10.7. The molecule has 6 nitrogen and oxygen atoms in total. The highest BCUT2D eigenvalue weighted by Gasteiger charge is 2.31. The van der Waals surface area contributed by atoms with Crippen LogP contribution in [-0.4, -0.2) is 61.3 Å². The fourth-order valence-corrected chi connectivity index (χ4v) is 4.93. The quantitative estimate of drug-likeness (QED) is 0.807. The van der Waals surface area contributed by atoms with E-state index in [1.807, 2.05) is 0 Å². The van der Waals surface area contributed by atoms with Crippen LogP contribution in [0.2, 0.25) is 0 Å². The Morgan fingerprint density at radius 3 is 2.68 bits per heavy atom. The summed E-state index contributed by atoms with van der Waals surface area (Å²) in [7, 11) is 0. The molecule has 0 saturated carbocycles. The molecule has 1 aromatic carbocycles. The molecule has 0 aliphatic carbocycles. The maximum Gasteiger partial charge on any atom is 0.251 e.